The molecule has 2 amide bonds. The van der Waals surface area contributed by atoms with Crippen LogP contribution in [0.5, 0.6) is 0 Å². The highest BCUT2D eigenvalue weighted by molar-refractivity contribution is 5.99. The molecule has 29 heavy (non-hydrogen) atoms. The number of benzene rings is 2. The Labute approximate surface area is 170 Å². The summed E-state index contributed by atoms with van der Waals surface area (Å²) in [5.41, 5.74) is 3.67. The SMILES string of the molecule is O=C1CCCN1c1cccc(C(=O)N2CCn3cccc3C2c2ccccc2)c1. The van der Waals surface area contributed by atoms with Crippen LogP contribution in [0, 0.1) is 0 Å². The van der Waals surface area contributed by atoms with E-state index < -0.39 is 0 Å². The number of nitrogens with zero attached hydrogens (tertiary/aromatic N) is 3. The van der Waals surface area contributed by atoms with Gasteiger partial charge in [0.1, 0.15) is 0 Å². The summed E-state index contributed by atoms with van der Waals surface area (Å²) < 4.78 is 2.22. The average molecular weight is 385 g/mol. The largest absolute Gasteiger partial charge is 0.348 e. The van der Waals surface area contributed by atoms with E-state index in [1.807, 2.05) is 53.4 Å². The summed E-state index contributed by atoms with van der Waals surface area (Å²) in [4.78, 5) is 29.4. The van der Waals surface area contributed by atoms with Crippen LogP contribution < -0.4 is 4.90 Å². The van der Waals surface area contributed by atoms with Gasteiger partial charge in [-0.3, -0.25) is 9.59 Å². The minimum Gasteiger partial charge on any atom is -0.348 e. The zero-order chi connectivity index (χ0) is 19.8. The summed E-state index contributed by atoms with van der Waals surface area (Å²) >= 11 is 0. The molecular weight excluding hydrogens is 362 g/mol. The third-order valence-corrected chi connectivity index (χ3v) is 5.89. The van der Waals surface area contributed by atoms with E-state index in [0.717, 1.165) is 36.5 Å². The van der Waals surface area contributed by atoms with Crippen molar-refractivity contribution < 1.29 is 9.59 Å². The van der Waals surface area contributed by atoms with E-state index in [9.17, 15) is 9.59 Å². The maximum Gasteiger partial charge on any atom is 0.254 e. The van der Waals surface area contributed by atoms with Crippen LogP contribution in [0.4, 0.5) is 5.69 Å². The highest BCUT2D eigenvalue weighted by Crippen LogP contribution is 2.34. The van der Waals surface area contributed by atoms with Crippen molar-refractivity contribution in [3.8, 4) is 0 Å². The topological polar surface area (TPSA) is 45.6 Å². The fourth-order valence-electron chi connectivity index (χ4n) is 4.48. The molecule has 0 N–H and O–H groups in total. The molecule has 0 aliphatic carbocycles. The number of aromatic nitrogens is 1. The van der Waals surface area contributed by atoms with Crippen LogP contribution in [-0.2, 0) is 11.3 Å². The van der Waals surface area contributed by atoms with Gasteiger partial charge in [0.05, 0.1) is 6.04 Å². The van der Waals surface area contributed by atoms with Gasteiger partial charge < -0.3 is 14.4 Å². The molecule has 2 aliphatic heterocycles. The number of rotatable bonds is 3. The third-order valence-electron chi connectivity index (χ3n) is 5.89. The summed E-state index contributed by atoms with van der Waals surface area (Å²) in [7, 11) is 0. The minimum atomic E-state index is -0.121. The van der Waals surface area contributed by atoms with Crippen molar-refractivity contribution in [2.24, 2.45) is 0 Å². The molecule has 1 atom stereocenters. The molecule has 0 bridgehead atoms. The van der Waals surface area contributed by atoms with Crippen molar-refractivity contribution in [3.63, 3.8) is 0 Å². The lowest BCUT2D eigenvalue weighted by molar-refractivity contribution is -0.117. The lowest BCUT2D eigenvalue weighted by Crippen LogP contribution is -2.42. The van der Waals surface area contributed by atoms with E-state index in [2.05, 4.69) is 29.0 Å². The molecule has 1 unspecified atom stereocenters. The van der Waals surface area contributed by atoms with Crippen LogP contribution in [0.2, 0.25) is 0 Å². The van der Waals surface area contributed by atoms with Gasteiger partial charge in [0.15, 0.2) is 0 Å². The Morgan fingerprint density at radius 3 is 2.55 bits per heavy atom. The van der Waals surface area contributed by atoms with Crippen molar-refractivity contribution in [1.82, 2.24) is 9.47 Å². The standard InChI is InChI=1S/C24H23N3O2/c28-22-12-6-14-26(22)20-10-4-9-19(17-20)24(29)27-16-15-25-13-5-11-21(25)23(27)18-7-2-1-3-8-18/h1-5,7-11,13,17,23H,6,12,14-16H2. The van der Waals surface area contributed by atoms with E-state index >= 15 is 0 Å². The van der Waals surface area contributed by atoms with Gasteiger partial charge in [0, 0.05) is 49.2 Å². The number of carbonyl (C=O) groups is 2. The maximum absolute atomic E-state index is 13.6. The molecule has 0 radical (unpaired) electrons. The van der Waals surface area contributed by atoms with Crippen molar-refractivity contribution >= 4 is 17.5 Å². The molecule has 3 aromatic rings. The fraction of sp³-hybridized carbons (Fsp3) is 0.250. The normalized spacial score (nSPS) is 18.8. The molecule has 1 saturated heterocycles. The molecular formula is C24H23N3O2. The fourth-order valence-corrected chi connectivity index (χ4v) is 4.48. The lowest BCUT2D eigenvalue weighted by atomic mass is 9.99. The molecule has 146 valence electrons. The zero-order valence-corrected chi connectivity index (χ0v) is 16.2. The summed E-state index contributed by atoms with van der Waals surface area (Å²) in [6.07, 6.45) is 3.53. The molecule has 0 spiro atoms. The number of amides is 2. The van der Waals surface area contributed by atoms with Gasteiger partial charge in [-0.05, 0) is 42.3 Å². The lowest BCUT2D eigenvalue weighted by Gasteiger charge is -2.37. The van der Waals surface area contributed by atoms with Crippen LogP contribution in [0.1, 0.15) is 40.5 Å². The van der Waals surface area contributed by atoms with E-state index in [1.54, 1.807) is 4.90 Å². The van der Waals surface area contributed by atoms with E-state index in [0.29, 0.717) is 18.5 Å². The monoisotopic (exact) mass is 385 g/mol. The van der Waals surface area contributed by atoms with Gasteiger partial charge in [-0.1, -0.05) is 36.4 Å². The highest BCUT2D eigenvalue weighted by atomic mass is 16.2. The van der Waals surface area contributed by atoms with Crippen molar-refractivity contribution in [1.29, 1.82) is 0 Å². The first-order chi connectivity index (χ1) is 14.2. The molecule has 1 aromatic heterocycles. The van der Waals surface area contributed by atoms with Crippen LogP contribution in [-0.4, -0.2) is 34.4 Å². The van der Waals surface area contributed by atoms with Gasteiger partial charge in [-0.25, -0.2) is 0 Å². The Morgan fingerprint density at radius 1 is 0.897 bits per heavy atom. The van der Waals surface area contributed by atoms with Crippen LogP contribution >= 0.6 is 0 Å². The first-order valence-electron chi connectivity index (χ1n) is 10.1. The summed E-state index contributed by atoms with van der Waals surface area (Å²) in [5, 5.41) is 0. The smallest absolute Gasteiger partial charge is 0.254 e. The minimum absolute atomic E-state index is 0.000186. The van der Waals surface area contributed by atoms with Gasteiger partial charge >= 0.3 is 0 Å². The average Bonchev–Trinajstić information content (AvgIpc) is 3.42. The van der Waals surface area contributed by atoms with Gasteiger partial charge in [-0.15, -0.1) is 0 Å². The predicted octanol–water partition coefficient (Wildman–Crippen LogP) is 3.86. The number of hydrogen-bond acceptors (Lipinski definition) is 2. The molecule has 2 aromatic carbocycles. The van der Waals surface area contributed by atoms with E-state index in [4.69, 9.17) is 0 Å². The van der Waals surface area contributed by atoms with Crippen LogP contribution in [0.3, 0.4) is 0 Å². The second-order valence-corrected chi connectivity index (χ2v) is 7.64. The van der Waals surface area contributed by atoms with E-state index in [1.165, 1.54) is 0 Å². The number of carbonyl (C=O) groups excluding carboxylic acids is 2. The Kier molecular flexibility index (Phi) is 4.43. The molecule has 3 heterocycles. The van der Waals surface area contributed by atoms with Gasteiger partial charge in [-0.2, -0.15) is 0 Å². The Balaban J connectivity index is 1.51. The van der Waals surface area contributed by atoms with Gasteiger partial charge in [0.2, 0.25) is 5.91 Å². The Morgan fingerprint density at radius 2 is 1.76 bits per heavy atom. The first kappa shape index (κ1) is 17.7. The summed E-state index contributed by atoms with van der Waals surface area (Å²) in [6, 6.07) is 21.7. The third kappa shape index (κ3) is 3.12. The summed E-state index contributed by atoms with van der Waals surface area (Å²) in [6.45, 7) is 2.15. The first-order valence-corrected chi connectivity index (χ1v) is 10.1. The molecule has 5 nitrogen and oxygen atoms in total. The predicted molar refractivity (Wildman–Crippen MR) is 112 cm³/mol. The van der Waals surface area contributed by atoms with Gasteiger partial charge in [0.25, 0.3) is 5.91 Å². The molecule has 1 fully saturated rings. The Bertz CT molecular complexity index is 1060. The Hall–Kier alpha value is -3.34. The van der Waals surface area contributed by atoms with Crippen molar-refractivity contribution in [2.45, 2.75) is 25.4 Å². The van der Waals surface area contributed by atoms with Crippen LogP contribution in [0.25, 0.3) is 0 Å². The maximum atomic E-state index is 13.6. The molecule has 0 saturated carbocycles. The molecule has 2 aliphatic rings. The van der Waals surface area contributed by atoms with Crippen LogP contribution in [0.15, 0.2) is 72.9 Å². The summed E-state index contributed by atoms with van der Waals surface area (Å²) in [5.74, 6) is 0.132. The van der Waals surface area contributed by atoms with Crippen molar-refractivity contribution in [2.75, 3.05) is 18.0 Å². The highest BCUT2D eigenvalue weighted by Gasteiger charge is 2.33. The molecule has 5 rings (SSSR count). The molecule has 5 heteroatoms. The van der Waals surface area contributed by atoms with Crippen molar-refractivity contribution in [3.05, 3.63) is 89.7 Å². The second kappa shape index (κ2) is 7.24. The second-order valence-electron chi connectivity index (χ2n) is 7.64. The number of hydrogen-bond donors (Lipinski definition) is 0. The number of anilines is 1. The van der Waals surface area contributed by atoms with E-state index in [-0.39, 0.29) is 17.9 Å². The number of fused-ring (bicyclic) bond motifs is 1. The quantitative estimate of drug-likeness (QED) is 0.687. The zero-order valence-electron chi connectivity index (χ0n) is 16.2.